The maximum atomic E-state index is 8.76. The minimum Gasteiger partial charge on any atom is -0.497 e. The third-order valence-electron chi connectivity index (χ3n) is 4.79. The monoisotopic (exact) mass is 506 g/mol. The van der Waals surface area contributed by atoms with Crippen molar-refractivity contribution in [2.45, 2.75) is 45.7 Å². The van der Waals surface area contributed by atoms with E-state index in [4.69, 9.17) is 14.6 Å². The summed E-state index contributed by atoms with van der Waals surface area (Å²) in [6, 6.07) is 5.96. The van der Waals surface area contributed by atoms with E-state index in [2.05, 4.69) is 54.6 Å². The van der Waals surface area contributed by atoms with Crippen molar-refractivity contribution in [3.8, 4) is 5.75 Å². The van der Waals surface area contributed by atoms with Crippen molar-refractivity contribution < 1.29 is 14.6 Å². The summed E-state index contributed by atoms with van der Waals surface area (Å²) in [6.07, 6.45) is 5.72. The van der Waals surface area contributed by atoms with Crippen LogP contribution in [0.15, 0.2) is 42.6 Å². The Labute approximate surface area is 211 Å². The molecule has 1 aromatic carbocycles. The highest BCUT2D eigenvalue weighted by molar-refractivity contribution is 7.22. The van der Waals surface area contributed by atoms with E-state index in [1.54, 1.807) is 29.8 Å². The highest BCUT2D eigenvalue weighted by Gasteiger charge is 2.11. The van der Waals surface area contributed by atoms with Gasteiger partial charge in [0.2, 0.25) is 0 Å². The molecule has 188 valence electrons. The van der Waals surface area contributed by atoms with E-state index in [1.807, 2.05) is 42.8 Å². The van der Waals surface area contributed by atoms with Gasteiger partial charge in [-0.2, -0.15) is 0 Å². The molecule has 2 N–H and O–H groups in total. The molecule has 0 aliphatic heterocycles. The second kappa shape index (κ2) is 15.5. The van der Waals surface area contributed by atoms with Crippen molar-refractivity contribution in [1.29, 1.82) is 0 Å². The summed E-state index contributed by atoms with van der Waals surface area (Å²) < 4.78 is 6.38. The van der Waals surface area contributed by atoms with Crippen LogP contribution < -0.4 is 15.0 Å². The number of nitrogens with one attached hydrogen (secondary N) is 1. The number of anilines is 1. The zero-order chi connectivity index (χ0) is 25.6. The number of carbonyl (C=O) groups excluding carboxylic acids is 1. The summed E-state index contributed by atoms with van der Waals surface area (Å²) in [7, 11) is 3.73. The molecule has 0 aliphatic rings. The normalized spacial score (nSPS) is 11.6. The number of fused-ring (bicyclic) bond motifs is 1. The third-order valence-corrected chi connectivity index (χ3v) is 6.69. The molecular formula is C25H38N4O3S2. The van der Waals surface area contributed by atoms with Gasteiger partial charge in [-0.15, -0.1) is 17.9 Å². The second-order valence-corrected chi connectivity index (χ2v) is 10.6. The van der Waals surface area contributed by atoms with Gasteiger partial charge in [-0.1, -0.05) is 17.4 Å². The van der Waals surface area contributed by atoms with Crippen molar-refractivity contribution in [3.63, 3.8) is 0 Å². The number of nitrogens with zero attached hydrogens (tertiary/aromatic N) is 3. The number of aliphatic hydroxyl groups is 1. The van der Waals surface area contributed by atoms with Gasteiger partial charge in [-0.3, -0.25) is 4.98 Å². The smallest absolute Gasteiger partial charge is 0.186 e. The zero-order valence-electron chi connectivity index (χ0n) is 20.9. The van der Waals surface area contributed by atoms with Crippen LogP contribution in [0.3, 0.4) is 0 Å². The quantitative estimate of drug-likeness (QED) is 0.367. The fraction of sp³-hybridized carbons (Fsp3) is 0.480. The fourth-order valence-corrected chi connectivity index (χ4v) is 4.58. The Balaban J connectivity index is 0.000000340. The lowest BCUT2D eigenvalue weighted by Gasteiger charge is -2.21. The van der Waals surface area contributed by atoms with Crippen molar-refractivity contribution in [3.05, 3.63) is 47.4 Å². The molecule has 0 fully saturated rings. The SMILES string of the molecule is C=CC(CCO)CCNC(C)(C)C.C=O.COc1ccc2nc(N(C)Cc3cncs3)sc2c1. The lowest BCUT2D eigenvalue weighted by molar-refractivity contribution is -0.0980. The second-order valence-electron chi connectivity index (χ2n) is 8.63. The number of hydrogen-bond donors (Lipinski definition) is 2. The summed E-state index contributed by atoms with van der Waals surface area (Å²) in [5, 5.41) is 13.2. The standard InChI is InChI=1S/C13H13N3OS2.C11H23NO.CH2O/c1-16(7-10-6-14-8-18-10)13-15-11-4-3-9(17-2)5-12(11)19-13;1-5-10(7-9-13)6-8-12-11(2,3)4;1-2/h3-6,8H,7H2,1-2H3;5,10,12-13H,1,6-9H2,2-4H3;1H2. The van der Waals surface area contributed by atoms with Crippen LogP contribution in [0.25, 0.3) is 10.2 Å². The Morgan fingerprint density at radius 1 is 1.29 bits per heavy atom. The average Bonchev–Trinajstić information content (AvgIpc) is 3.48. The zero-order valence-corrected chi connectivity index (χ0v) is 22.5. The Morgan fingerprint density at radius 2 is 2.03 bits per heavy atom. The van der Waals surface area contributed by atoms with Gasteiger partial charge < -0.3 is 24.9 Å². The van der Waals surface area contributed by atoms with E-state index in [9.17, 15) is 0 Å². The predicted molar refractivity (Wildman–Crippen MR) is 145 cm³/mol. The molecule has 7 nitrogen and oxygen atoms in total. The van der Waals surface area contributed by atoms with E-state index < -0.39 is 0 Å². The lowest BCUT2D eigenvalue weighted by atomic mass is 10.0. The van der Waals surface area contributed by atoms with Gasteiger partial charge in [0.15, 0.2) is 5.13 Å². The first-order chi connectivity index (χ1) is 16.3. The van der Waals surface area contributed by atoms with Crippen LogP contribution in [0.4, 0.5) is 5.13 Å². The van der Waals surface area contributed by atoms with Gasteiger partial charge in [-0.25, -0.2) is 4.98 Å². The summed E-state index contributed by atoms with van der Waals surface area (Å²) >= 11 is 3.34. The van der Waals surface area contributed by atoms with Crippen LogP contribution in [0.2, 0.25) is 0 Å². The summed E-state index contributed by atoms with van der Waals surface area (Å²) in [4.78, 5) is 20.1. The molecule has 0 radical (unpaired) electrons. The van der Waals surface area contributed by atoms with Crippen LogP contribution in [0.1, 0.15) is 38.5 Å². The number of hydrogen-bond acceptors (Lipinski definition) is 9. The van der Waals surface area contributed by atoms with Crippen LogP contribution in [-0.4, -0.2) is 54.7 Å². The molecule has 3 aromatic rings. The summed E-state index contributed by atoms with van der Waals surface area (Å²) in [6.45, 7) is 14.3. The molecule has 3 rings (SSSR count). The number of carbonyl (C=O) groups is 1. The number of benzene rings is 1. The maximum absolute atomic E-state index is 8.76. The molecule has 9 heteroatoms. The molecule has 34 heavy (non-hydrogen) atoms. The van der Waals surface area contributed by atoms with E-state index >= 15 is 0 Å². The lowest BCUT2D eigenvalue weighted by Crippen LogP contribution is -2.37. The average molecular weight is 507 g/mol. The molecule has 0 saturated heterocycles. The molecule has 1 atom stereocenters. The molecule has 2 heterocycles. The van der Waals surface area contributed by atoms with E-state index in [-0.39, 0.29) is 12.1 Å². The first-order valence-corrected chi connectivity index (χ1v) is 12.8. The third kappa shape index (κ3) is 10.7. The van der Waals surface area contributed by atoms with Crippen LogP contribution in [0.5, 0.6) is 5.75 Å². The van der Waals surface area contributed by atoms with Crippen LogP contribution in [0, 0.1) is 5.92 Å². The molecule has 0 spiro atoms. The molecule has 0 bridgehead atoms. The van der Waals surface area contributed by atoms with Gasteiger partial charge in [0.25, 0.3) is 0 Å². The highest BCUT2D eigenvalue weighted by Crippen LogP contribution is 2.31. The number of allylic oxidation sites excluding steroid dienone is 1. The summed E-state index contributed by atoms with van der Waals surface area (Å²) in [5.41, 5.74) is 3.05. The number of ether oxygens (including phenoxy) is 1. The molecule has 1 unspecified atom stereocenters. The largest absolute Gasteiger partial charge is 0.497 e. The van der Waals surface area contributed by atoms with Crippen molar-refractivity contribution in [2.75, 3.05) is 32.2 Å². The van der Waals surface area contributed by atoms with Gasteiger partial charge in [0, 0.05) is 30.3 Å². The van der Waals surface area contributed by atoms with Crippen LogP contribution in [-0.2, 0) is 11.3 Å². The van der Waals surface area contributed by atoms with Gasteiger partial charge >= 0.3 is 0 Å². The fourth-order valence-electron chi connectivity index (χ4n) is 2.98. The predicted octanol–water partition coefficient (Wildman–Crippen LogP) is 5.16. The van der Waals surface area contributed by atoms with Crippen molar-refractivity contribution in [2.24, 2.45) is 5.92 Å². The molecule has 2 aromatic heterocycles. The number of rotatable bonds is 10. The van der Waals surface area contributed by atoms with Crippen LogP contribution >= 0.6 is 22.7 Å². The molecule has 0 saturated carbocycles. The Bertz CT molecular complexity index is 955. The minimum absolute atomic E-state index is 0.185. The Morgan fingerprint density at radius 3 is 2.59 bits per heavy atom. The van der Waals surface area contributed by atoms with E-state index in [1.165, 1.54) is 4.88 Å². The maximum Gasteiger partial charge on any atom is 0.186 e. The minimum atomic E-state index is 0.185. The molecular weight excluding hydrogens is 468 g/mol. The number of thiazole rings is 2. The number of aliphatic hydroxyl groups excluding tert-OH is 1. The highest BCUT2D eigenvalue weighted by atomic mass is 32.1. The van der Waals surface area contributed by atoms with Crippen molar-refractivity contribution >= 4 is 44.8 Å². The first-order valence-electron chi connectivity index (χ1n) is 11.1. The van der Waals surface area contributed by atoms with E-state index in [0.29, 0.717) is 5.92 Å². The first kappa shape index (κ1) is 29.7. The molecule has 0 aliphatic carbocycles. The Kier molecular flexibility index (Phi) is 13.6. The van der Waals surface area contributed by atoms with Crippen molar-refractivity contribution in [1.82, 2.24) is 15.3 Å². The van der Waals surface area contributed by atoms with E-state index in [0.717, 1.165) is 47.0 Å². The summed E-state index contributed by atoms with van der Waals surface area (Å²) in [5.74, 6) is 1.31. The molecule has 0 amide bonds. The van der Waals surface area contributed by atoms with Gasteiger partial charge in [0.1, 0.15) is 12.5 Å². The number of methoxy groups -OCH3 is 1. The van der Waals surface area contributed by atoms with Gasteiger partial charge in [0.05, 0.1) is 29.4 Å². The number of aromatic nitrogens is 2. The Hall–Kier alpha value is -2.33. The van der Waals surface area contributed by atoms with Gasteiger partial charge in [-0.05, 0) is 64.3 Å². The topological polar surface area (TPSA) is 87.6 Å².